The number of aromatic hydroxyl groups is 1. The normalized spacial score (nSPS) is 10.6. The van der Waals surface area contributed by atoms with Gasteiger partial charge in [0.15, 0.2) is 0 Å². The zero-order valence-electron chi connectivity index (χ0n) is 10.2. The van der Waals surface area contributed by atoms with Gasteiger partial charge in [-0.05, 0) is 31.5 Å². The van der Waals surface area contributed by atoms with E-state index in [-0.39, 0.29) is 11.7 Å². The second kappa shape index (κ2) is 4.94. The lowest BCUT2D eigenvalue weighted by Crippen LogP contribution is -2.04. The summed E-state index contributed by atoms with van der Waals surface area (Å²) in [5.74, 6) is 0.472. The van der Waals surface area contributed by atoms with E-state index in [0.29, 0.717) is 0 Å². The number of hydrogen-bond donors (Lipinski definition) is 2. The number of nitrogen functional groups attached to an aromatic ring is 1. The molecule has 0 atom stereocenters. The second-order valence-corrected chi connectivity index (χ2v) is 4.92. The van der Waals surface area contributed by atoms with Gasteiger partial charge >= 0.3 is 0 Å². The first-order chi connectivity index (χ1) is 8.52. The average molecular weight is 308 g/mol. The lowest BCUT2D eigenvalue weighted by molar-refractivity contribution is 0.477. The fourth-order valence-corrected chi connectivity index (χ4v) is 2.33. The standard InChI is InChI=1S/C13H14BrN3O/c1-3-10-12(7(2)16-13(15)17-10)9-5-4-8(14)6-11(9)18/h4-6,18H,3H2,1-2H3,(H2,15,16,17). The number of nitrogens with two attached hydrogens (primary N) is 1. The first-order valence-corrected chi connectivity index (χ1v) is 6.44. The summed E-state index contributed by atoms with van der Waals surface area (Å²) in [5.41, 5.74) is 8.86. The van der Waals surface area contributed by atoms with Gasteiger partial charge in [-0.1, -0.05) is 22.9 Å². The Morgan fingerprint density at radius 2 is 2.06 bits per heavy atom. The van der Waals surface area contributed by atoms with Crippen LogP contribution in [-0.2, 0) is 6.42 Å². The van der Waals surface area contributed by atoms with Gasteiger partial charge in [0.25, 0.3) is 0 Å². The third kappa shape index (κ3) is 2.31. The van der Waals surface area contributed by atoms with Crippen molar-refractivity contribution in [1.29, 1.82) is 0 Å². The van der Waals surface area contributed by atoms with E-state index in [1.54, 1.807) is 6.07 Å². The van der Waals surface area contributed by atoms with Crippen molar-refractivity contribution in [1.82, 2.24) is 9.97 Å². The Morgan fingerprint density at radius 1 is 1.33 bits per heavy atom. The van der Waals surface area contributed by atoms with E-state index >= 15 is 0 Å². The third-order valence-electron chi connectivity index (χ3n) is 2.75. The molecule has 0 saturated carbocycles. The van der Waals surface area contributed by atoms with Crippen LogP contribution in [0.1, 0.15) is 18.3 Å². The molecule has 2 rings (SSSR count). The zero-order chi connectivity index (χ0) is 13.3. The van der Waals surface area contributed by atoms with E-state index in [0.717, 1.165) is 33.4 Å². The van der Waals surface area contributed by atoms with Crippen LogP contribution in [0.3, 0.4) is 0 Å². The van der Waals surface area contributed by atoms with Crippen LogP contribution < -0.4 is 5.73 Å². The van der Waals surface area contributed by atoms with Crippen molar-refractivity contribution in [2.75, 3.05) is 5.73 Å². The fraction of sp³-hybridized carbons (Fsp3) is 0.231. The Labute approximate surface area is 114 Å². The lowest BCUT2D eigenvalue weighted by Gasteiger charge is -2.12. The quantitative estimate of drug-likeness (QED) is 0.894. The van der Waals surface area contributed by atoms with Crippen molar-refractivity contribution < 1.29 is 5.11 Å². The van der Waals surface area contributed by atoms with Crippen LogP contribution in [0.2, 0.25) is 0 Å². The van der Waals surface area contributed by atoms with Crippen LogP contribution in [-0.4, -0.2) is 15.1 Å². The first kappa shape index (κ1) is 12.8. The van der Waals surface area contributed by atoms with Crippen LogP contribution in [0.5, 0.6) is 5.75 Å². The van der Waals surface area contributed by atoms with E-state index < -0.39 is 0 Å². The van der Waals surface area contributed by atoms with Crippen LogP contribution in [0.25, 0.3) is 11.1 Å². The summed E-state index contributed by atoms with van der Waals surface area (Å²) in [5, 5.41) is 10.0. The van der Waals surface area contributed by atoms with Gasteiger partial charge in [0.05, 0.1) is 11.4 Å². The average Bonchev–Trinajstić information content (AvgIpc) is 2.29. The van der Waals surface area contributed by atoms with Gasteiger partial charge < -0.3 is 10.8 Å². The Bertz CT molecular complexity index is 599. The topological polar surface area (TPSA) is 72.0 Å². The molecule has 1 aromatic carbocycles. The van der Waals surface area contributed by atoms with Gasteiger partial charge in [0.2, 0.25) is 5.95 Å². The van der Waals surface area contributed by atoms with E-state index in [4.69, 9.17) is 5.73 Å². The minimum atomic E-state index is 0.204. The molecule has 0 radical (unpaired) electrons. The SMILES string of the molecule is CCc1nc(N)nc(C)c1-c1ccc(Br)cc1O. The summed E-state index contributed by atoms with van der Waals surface area (Å²) in [6, 6.07) is 5.38. The molecule has 0 bridgehead atoms. The molecule has 2 aromatic rings. The zero-order valence-corrected chi connectivity index (χ0v) is 11.8. The molecule has 0 saturated heterocycles. The van der Waals surface area contributed by atoms with Crippen LogP contribution in [0.4, 0.5) is 5.95 Å². The number of halogens is 1. The van der Waals surface area contributed by atoms with Crippen molar-refractivity contribution in [3.05, 3.63) is 34.1 Å². The summed E-state index contributed by atoms with van der Waals surface area (Å²) in [6.07, 6.45) is 0.735. The highest BCUT2D eigenvalue weighted by Gasteiger charge is 2.14. The van der Waals surface area contributed by atoms with E-state index in [9.17, 15) is 5.11 Å². The maximum atomic E-state index is 10.0. The van der Waals surface area contributed by atoms with Crippen molar-refractivity contribution in [2.45, 2.75) is 20.3 Å². The van der Waals surface area contributed by atoms with Gasteiger partial charge in [-0.2, -0.15) is 0 Å². The molecule has 0 unspecified atom stereocenters. The molecular formula is C13H14BrN3O. The van der Waals surface area contributed by atoms with Gasteiger partial charge in [0, 0.05) is 15.6 Å². The number of rotatable bonds is 2. The fourth-order valence-electron chi connectivity index (χ4n) is 1.98. The highest BCUT2D eigenvalue weighted by molar-refractivity contribution is 9.10. The molecule has 0 spiro atoms. The highest BCUT2D eigenvalue weighted by Crippen LogP contribution is 2.35. The molecule has 0 aliphatic heterocycles. The molecule has 1 heterocycles. The number of aryl methyl sites for hydroxylation is 2. The minimum absolute atomic E-state index is 0.204. The van der Waals surface area contributed by atoms with Crippen LogP contribution in [0, 0.1) is 6.92 Å². The largest absolute Gasteiger partial charge is 0.507 e. The second-order valence-electron chi connectivity index (χ2n) is 4.00. The number of benzene rings is 1. The van der Waals surface area contributed by atoms with Crippen LogP contribution in [0.15, 0.2) is 22.7 Å². The first-order valence-electron chi connectivity index (χ1n) is 5.64. The Hall–Kier alpha value is -1.62. The van der Waals surface area contributed by atoms with Crippen LogP contribution >= 0.6 is 15.9 Å². The molecule has 94 valence electrons. The number of anilines is 1. The van der Waals surface area contributed by atoms with Gasteiger partial charge in [-0.3, -0.25) is 0 Å². The Kier molecular flexibility index (Phi) is 3.52. The third-order valence-corrected chi connectivity index (χ3v) is 3.24. The molecule has 4 nitrogen and oxygen atoms in total. The van der Waals surface area contributed by atoms with E-state index in [2.05, 4.69) is 25.9 Å². The Morgan fingerprint density at radius 3 is 2.67 bits per heavy atom. The molecule has 0 amide bonds. The molecular weight excluding hydrogens is 294 g/mol. The van der Waals surface area contributed by atoms with Crippen molar-refractivity contribution in [2.24, 2.45) is 0 Å². The summed E-state index contributed by atoms with van der Waals surface area (Å²) in [4.78, 5) is 8.40. The Balaban J connectivity index is 2.70. The van der Waals surface area contributed by atoms with Gasteiger partial charge in [-0.15, -0.1) is 0 Å². The van der Waals surface area contributed by atoms with E-state index in [1.165, 1.54) is 0 Å². The number of phenolic OH excluding ortho intramolecular Hbond substituents is 1. The number of hydrogen-bond acceptors (Lipinski definition) is 4. The minimum Gasteiger partial charge on any atom is -0.507 e. The number of nitrogens with zero attached hydrogens (tertiary/aromatic N) is 2. The maximum absolute atomic E-state index is 10.0. The number of aromatic nitrogens is 2. The van der Waals surface area contributed by atoms with Gasteiger partial charge in [-0.25, -0.2) is 9.97 Å². The molecule has 5 heteroatoms. The summed E-state index contributed by atoms with van der Waals surface area (Å²) in [6.45, 7) is 3.87. The summed E-state index contributed by atoms with van der Waals surface area (Å²) in [7, 11) is 0. The molecule has 3 N–H and O–H groups in total. The number of phenols is 1. The monoisotopic (exact) mass is 307 g/mol. The van der Waals surface area contributed by atoms with Gasteiger partial charge in [0.1, 0.15) is 5.75 Å². The molecule has 0 fully saturated rings. The summed E-state index contributed by atoms with van der Waals surface area (Å²) < 4.78 is 0.829. The molecule has 0 aliphatic rings. The van der Waals surface area contributed by atoms with Crippen molar-refractivity contribution in [3.63, 3.8) is 0 Å². The lowest BCUT2D eigenvalue weighted by atomic mass is 10.00. The van der Waals surface area contributed by atoms with Crippen molar-refractivity contribution in [3.8, 4) is 16.9 Å². The maximum Gasteiger partial charge on any atom is 0.220 e. The highest BCUT2D eigenvalue weighted by atomic mass is 79.9. The molecule has 0 aliphatic carbocycles. The smallest absolute Gasteiger partial charge is 0.220 e. The predicted octanol–water partition coefficient (Wildman–Crippen LogP) is 3.06. The molecule has 1 aromatic heterocycles. The summed E-state index contributed by atoms with van der Waals surface area (Å²) >= 11 is 3.32. The van der Waals surface area contributed by atoms with E-state index in [1.807, 2.05) is 26.0 Å². The van der Waals surface area contributed by atoms with Crippen molar-refractivity contribution >= 4 is 21.9 Å². The predicted molar refractivity (Wildman–Crippen MR) is 75.4 cm³/mol. The molecule has 18 heavy (non-hydrogen) atoms.